The maximum absolute atomic E-state index is 10.5. The Hall–Kier alpha value is -1.43. The van der Waals surface area contributed by atoms with Crippen molar-refractivity contribution in [2.24, 2.45) is 0 Å². The van der Waals surface area contributed by atoms with E-state index in [2.05, 4.69) is 5.32 Å². The molecule has 1 heterocycles. The van der Waals surface area contributed by atoms with Gasteiger partial charge in [-0.3, -0.25) is 10.1 Å². The van der Waals surface area contributed by atoms with Gasteiger partial charge >= 0.3 is 0 Å². The van der Waals surface area contributed by atoms with Gasteiger partial charge in [-0.15, -0.1) is 11.3 Å². The maximum atomic E-state index is 10.5. The zero-order valence-corrected chi connectivity index (χ0v) is 11.0. The lowest BCUT2D eigenvalue weighted by Crippen LogP contribution is -2.11. The quantitative estimate of drug-likeness (QED) is 0.673. The molecule has 6 heteroatoms. The van der Waals surface area contributed by atoms with E-state index in [9.17, 15) is 10.1 Å². The summed E-state index contributed by atoms with van der Waals surface area (Å²) < 4.78 is 0. The van der Waals surface area contributed by atoms with Gasteiger partial charge in [-0.1, -0.05) is 23.7 Å². The summed E-state index contributed by atoms with van der Waals surface area (Å²) in [5.41, 5.74) is 1.13. The minimum Gasteiger partial charge on any atom is -0.308 e. The molecular weight excluding hydrogens is 272 g/mol. The standard InChI is InChI=1S/C12H11ClN2O2S/c13-10-5-12(18-8-10)7-14-6-9-1-3-11(4-2-9)15(16)17/h1-5,8,14H,6-7H2. The number of thiophene rings is 1. The summed E-state index contributed by atoms with van der Waals surface area (Å²) in [7, 11) is 0. The topological polar surface area (TPSA) is 55.2 Å². The Morgan fingerprint density at radius 1 is 1.28 bits per heavy atom. The molecule has 2 aromatic rings. The van der Waals surface area contributed by atoms with Crippen LogP contribution in [0.1, 0.15) is 10.4 Å². The van der Waals surface area contributed by atoms with Crippen LogP contribution < -0.4 is 5.32 Å². The van der Waals surface area contributed by atoms with Gasteiger partial charge in [0.15, 0.2) is 0 Å². The van der Waals surface area contributed by atoms with E-state index < -0.39 is 4.92 Å². The highest BCUT2D eigenvalue weighted by Gasteiger charge is 2.03. The van der Waals surface area contributed by atoms with Crippen LogP contribution in [0.15, 0.2) is 35.7 Å². The first-order valence-electron chi connectivity index (χ1n) is 5.32. The predicted molar refractivity (Wildman–Crippen MR) is 73.0 cm³/mol. The van der Waals surface area contributed by atoms with Crippen LogP contribution in [0.3, 0.4) is 0 Å². The monoisotopic (exact) mass is 282 g/mol. The Bertz CT molecular complexity index is 539. The first-order chi connectivity index (χ1) is 8.65. The van der Waals surface area contributed by atoms with Crippen molar-refractivity contribution in [1.82, 2.24) is 5.32 Å². The third-order valence-corrected chi connectivity index (χ3v) is 3.68. The number of benzene rings is 1. The number of hydrogen-bond donors (Lipinski definition) is 1. The molecule has 0 saturated heterocycles. The summed E-state index contributed by atoms with van der Waals surface area (Å²) in [5.74, 6) is 0. The number of nitro groups is 1. The zero-order valence-electron chi connectivity index (χ0n) is 9.43. The van der Waals surface area contributed by atoms with Crippen LogP contribution in [-0.4, -0.2) is 4.92 Å². The SMILES string of the molecule is O=[N+]([O-])c1ccc(CNCc2cc(Cl)cs2)cc1. The summed E-state index contributed by atoms with van der Waals surface area (Å²) in [6.07, 6.45) is 0. The lowest BCUT2D eigenvalue weighted by atomic mass is 10.2. The number of rotatable bonds is 5. The van der Waals surface area contributed by atoms with Gasteiger partial charge in [0.25, 0.3) is 5.69 Å². The van der Waals surface area contributed by atoms with Gasteiger partial charge < -0.3 is 5.32 Å². The van der Waals surface area contributed by atoms with E-state index in [1.807, 2.05) is 11.4 Å². The van der Waals surface area contributed by atoms with Crippen molar-refractivity contribution in [2.45, 2.75) is 13.1 Å². The van der Waals surface area contributed by atoms with Crippen molar-refractivity contribution >= 4 is 28.6 Å². The lowest BCUT2D eigenvalue weighted by Gasteiger charge is -2.03. The molecule has 0 aliphatic heterocycles. The molecule has 94 valence electrons. The summed E-state index contributed by atoms with van der Waals surface area (Å²) >= 11 is 7.43. The van der Waals surface area contributed by atoms with E-state index in [0.717, 1.165) is 17.1 Å². The highest BCUT2D eigenvalue weighted by Crippen LogP contribution is 2.19. The Morgan fingerprint density at radius 2 is 2.00 bits per heavy atom. The molecule has 0 unspecified atom stereocenters. The first kappa shape index (κ1) is 13.0. The molecule has 0 saturated carbocycles. The first-order valence-corrected chi connectivity index (χ1v) is 6.58. The molecule has 1 N–H and O–H groups in total. The maximum Gasteiger partial charge on any atom is 0.269 e. The van der Waals surface area contributed by atoms with Crippen LogP contribution in [0.2, 0.25) is 5.02 Å². The van der Waals surface area contributed by atoms with Crippen LogP contribution >= 0.6 is 22.9 Å². The van der Waals surface area contributed by atoms with Gasteiger partial charge in [0.05, 0.1) is 9.95 Å². The zero-order chi connectivity index (χ0) is 13.0. The fraction of sp³-hybridized carbons (Fsp3) is 0.167. The number of nitrogens with zero attached hydrogens (tertiary/aromatic N) is 1. The molecule has 0 bridgehead atoms. The van der Waals surface area contributed by atoms with Crippen molar-refractivity contribution in [3.63, 3.8) is 0 Å². The highest BCUT2D eigenvalue weighted by atomic mass is 35.5. The summed E-state index contributed by atoms with van der Waals surface area (Å²) in [5, 5.41) is 16.4. The number of nitrogens with one attached hydrogen (secondary N) is 1. The molecule has 4 nitrogen and oxygen atoms in total. The summed E-state index contributed by atoms with van der Waals surface area (Å²) in [6.45, 7) is 1.42. The van der Waals surface area contributed by atoms with Gasteiger partial charge in [-0.25, -0.2) is 0 Å². The third-order valence-electron chi connectivity index (χ3n) is 2.40. The Balaban J connectivity index is 1.85. The van der Waals surface area contributed by atoms with Crippen molar-refractivity contribution < 1.29 is 4.92 Å². The van der Waals surface area contributed by atoms with Crippen LogP contribution in [0.5, 0.6) is 0 Å². The van der Waals surface area contributed by atoms with Gasteiger partial charge in [0.2, 0.25) is 0 Å². The molecule has 1 aromatic heterocycles. The molecule has 0 aliphatic rings. The second-order valence-corrected chi connectivity index (χ2v) is 5.19. The van der Waals surface area contributed by atoms with E-state index >= 15 is 0 Å². The molecule has 2 rings (SSSR count). The van der Waals surface area contributed by atoms with Gasteiger partial charge in [0.1, 0.15) is 0 Å². The van der Waals surface area contributed by atoms with Gasteiger partial charge in [-0.2, -0.15) is 0 Å². The number of nitro benzene ring substituents is 1. The molecule has 1 aromatic carbocycles. The van der Waals surface area contributed by atoms with E-state index in [1.165, 1.54) is 17.0 Å². The third kappa shape index (κ3) is 3.53. The molecule has 0 radical (unpaired) electrons. The second kappa shape index (κ2) is 5.95. The van der Waals surface area contributed by atoms with Crippen molar-refractivity contribution in [1.29, 1.82) is 0 Å². The van der Waals surface area contributed by atoms with E-state index in [-0.39, 0.29) is 5.69 Å². The Labute approximate surface area is 113 Å². The van der Waals surface area contributed by atoms with E-state index in [4.69, 9.17) is 11.6 Å². The number of halogens is 1. The van der Waals surface area contributed by atoms with Crippen molar-refractivity contribution in [2.75, 3.05) is 0 Å². The molecule has 18 heavy (non-hydrogen) atoms. The number of hydrogen-bond acceptors (Lipinski definition) is 4. The number of non-ortho nitro benzene ring substituents is 1. The van der Waals surface area contributed by atoms with Crippen LogP contribution in [0, 0.1) is 10.1 Å². The average Bonchev–Trinajstić information content (AvgIpc) is 2.76. The molecule has 0 fully saturated rings. The minimum atomic E-state index is -0.398. The molecular formula is C12H11ClN2O2S. The van der Waals surface area contributed by atoms with Crippen molar-refractivity contribution in [3.05, 3.63) is 61.3 Å². The Kier molecular flexibility index (Phi) is 4.30. The summed E-state index contributed by atoms with van der Waals surface area (Å²) in [4.78, 5) is 11.3. The normalized spacial score (nSPS) is 10.5. The van der Waals surface area contributed by atoms with E-state index in [0.29, 0.717) is 6.54 Å². The van der Waals surface area contributed by atoms with Crippen LogP contribution in [-0.2, 0) is 13.1 Å². The smallest absolute Gasteiger partial charge is 0.269 e. The lowest BCUT2D eigenvalue weighted by molar-refractivity contribution is -0.384. The molecule has 0 spiro atoms. The molecule has 0 atom stereocenters. The van der Waals surface area contributed by atoms with Gasteiger partial charge in [-0.05, 0) is 11.6 Å². The van der Waals surface area contributed by atoms with E-state index in [1.54, 1.807) is 23.5 Å². The summed E-state index contributed by atoms with van der Waals surface area (Å²) in [6, 6.07) is 8.46. The highest BCUT2D eigenvalue weighted by molar-refractivity contribution is 7.10. The Morgan fingerprint density at radius 3 is 2.56 bits per heavy atom. The van der Waals surface area contributed by atoms with Crippen molar-refractivity contribution in [3.8, 4) is 0 Å². The fourth-order valence-corrected chi connectivity index (χ4v) is 2.55. The minimum absolute atomic E-state index is 0.115. The molecule has 0 amide bonds. The molecule has 0 aliphatic carbocycles. The van der Waals surface area contributed by atoms with Crippen LogP contribution in [0.25, 0.3) is 0 Å². The average molecular weight is 283 g/mol. The van der Waals surface area contributed by atoms with Crippen LogP contribution in [0.4, 0.5) is 5.69 Å². The largest absolute Gasteiger partial charge is 0.308 e. The predicted octanol–water partition coefficient (Wildman–Crippen LogP) is 3.60. The van der Waals surface area contributed by atoms with Gasteiger partial charge in [0, 0.05) is 35.5 Å². The fourth-order valence-electron chi connectivity index (χ4n) is 1.51. The second-order valence-electron chi connectivity index (χ2n) is 3.76.